The summed E-state index contributed by atoms with van der Waals surface area (Å²) in [5.41, 5.74) is 0.581. The van der Waals surface area contributed by atoms with Crippen molar-refractivity contribution in [2.24, 2.45) is 0 Å². The van der Waals surface area contributed by atoms with E-state index in [1.165, 1.54) is 38.5 Å². The molecule has 11 heteroatoms. The second kappa shape index (κ2) is 11.8. The van der Waals surface area contributed by atoms with E-state index in [-0.39, 0.29) is 0 Å². The van der Waals surface area contributed by atoms with E-state index >= 15 is 0 Å². The van der Waals surface area contributed by atoms with Crippen LogP contribution in [0.3, 0.4) is 0 Å². The Kier molecular flexibility index (Phi) is 10.4. The molecule has 0 N–H and O–H groups in total. The fraction of sp³-hybridized carbons (Fsp3) is 1.00. The first kappa shape index (κ1) is 25.6. The fourth-order valence-corrected chi connectivity index (χ4v) is 17.3. The third kappa shape index (κ3) is 5.77. The van der Waals surface area contributed by atoms with E-state index in [9.17, 15) is 0 Å². The van der Waals surface area contributed by atoms with Crippen molar-refractivity contribution in [2.45, 2.75) is 75.3 Å². The molecule has 0 atom stereocenters. The van der Waals surface area contributed by atoms with Crippen LogP contribution in [0.25, 0.3) is 0 Å². The van der Waals surface area contributed by atoms with Gasteiger partial charge in [-0.2, -0.15) is 0 Å². The molecule has 29 heavy (non-hydrogen) atoms. The first-order valence-corrected chi connectivity index (χ1v) is 15.9. The summed E-state index contributed by atoms with van der Waals surface area (Å²) in [7, 11) is -0.287. The van der Waals surface area contributed by atoms with E-state index in [0.717, 1.165) is 25.7 Å². The van der Waals surface area contributed by atoms with Crippen molar-refractivity contribution in [3.05, 3.63) is 0 Å². The highest BCUT2D eigenvalue weighted by molar-refractivity contribution is 6.83. The second-order valence-electron chi connectivity index (χ2n) is 7.82. The van der Waals surface area contributed by atoms with Crippen LogP contribution in [0.1, 0.15) is 64.2 Å². The highest BCUT2D eigenvalue weighted by Crippen LogP contribution is 2.51. The van der Waals surface area contributed by atoms with Crippen molar-refractivity contribution < 1.29 is 34.8 Å². The predicted octanol–water partition coefficient (Wildman–Crippen LogP) is 3.88. The van der Waals surface area contributed by atoms with Gasteiger partial charge in [-0.3, -0.25) is 0 Å². The van der Waals surface area contributed by atoms with Crippen LogP contribution in [-0.4, -0.2) is 69.3 Å². The van der Waals surface area contributed by atoms with Gasteiger partial charge in [0.15, 0.2) is 0 Å². The summed E-state index contributed by atoms with van der Waals surface area (Å²) >= 11 is 0. The zero-order valence-electron chi connectivity index (χ0n) is 19.0. The van der Waals surface area contributed by atoms with Crippen molar-refractivity contribution in [3.63, 3.8) is 0 Å². The average molecular weight is 469 g/mol. The van der Waals surface area contributed by atoms with Gasteiger partial charge in [0.2, 0.25) is 0 Å². The van der Waals surface area contributed by atoms with Gasteiger partial charge in [0.1, 0.15) is 0 Å². The Morgan fingerprint density at radius 1 is 0.448 bits per heavy atom. The molecule has 2 rings (SSSR count). The summed E-state index contributed by atoms with van der Waals surface area (Å²) in [4.78, 5) is 0. The minimum absolute atomic E-state index is 0.291. The van der Waals surface area contributed by atoms with E-state index in [2.05, 4.69) is 0 Å². The van der Waals surface area contributed by atoms with Gasteiger partial charge in [0.05, 0.1) is 0 Å². The summed E-state index contributed by atoms with van der Waals surface area (Å²) in [6.07, 6.45) is 11.4. The van der Waals surface area contributed by atoms with Crippen molar-refractivity contribution in [1.82, 2.24) is 0 Å². The highest BCUT2D eigenvalue weighted by Gasteiger charge is 2.65. The molecule has 0 aromatic carbocycles. The van der Waals surface area contributed by atoms with Crippen LogP contribution >= 0.6 is 0 Å². The normalized spacial score (nSPS) is 20.9. The summed E-state index contributed by atoms with van der Waals surface area (Å²) in [6, 6.07) is 0. The Hall–Kier alpha value is 0.331. The molecular formula is C18H40O8Si3. The molecular weight excluding hydrogens is 428 g/mol. The smallest absolute Gasteiger partial charge is 0.370 e. The Morgan fingerprint density at radius 3 is 0.966 bits per heavy atom. The molecule has 172 valence electrons. The molecule has 0 radical (unpaired) electrons. The average Bonchev–Trinajstić information content (AvgIpc) is 2.81. The van der Waals surface area contributed by atoms with Crippen molar-refractivity contribution >= 4 is 26.7 Å². The summed E-state index contributed by atoms with van der Waals surface area (Å²) in [5.74, 6) is 0. The lowest BCUT2D eigenvalue weighted by Gasteiger charge is -2.49. The van der Waals surface area contributed by atoms with Gasteiger partial charge >= 0.3 is 26.7 Å². The van der Waals surface area contributed by atoms with Crippen LogP contribution in [0.15, 0.2) is 0 Å². The molecule has 0 heterocycles. The molecule has 2 fully saturated rings. The van der Waals surface area contributed by atoms with Gasteiger partial charge < -0.3 is 34.8 Å². The maximum atomic E-state index is 6.90. The molecule has 0 unspecified atom stereocenters. The molecule has 0 aromatic heterocycles. The van der Waals surface area contributed by atoms with Crippen molar-refractivity contribution in [2.75, 3.05) is 42.7 Å². The third-order valence-electron chi connectivity index (χ3n) is 6.42. The molecule has 2 aliphatic rings. The number of hydrogen-bond acceptors (Lipinski definition) is 8. The SMILES string of the molecule is CO[Si](OC)(OC)O[Si](O[Si](OC)(OC)OC)(C1CCCCC1)C1CCCCC1. The summed E-state index contributed by atoms with van der Waals surface area (Å²) in [5, 5.41) is 0. The molecule has 8 nitrogen and oxygen atoms in total. The van der Waals surface area contributed by atoms with Gasteiger partial charge in [0.25, 0.3) is 0 Å². The molecule has 2 aliphatic carbocycles. The van der Waals surface area contributed by atoms with E-state index in [0.29, 0.717) is 11.1 Å². The minimum atomic E-state index is -3.37. The molecule has 0 bridgehead atoms. The van der Waals surface area contributed by atoms with Gasteiger partial charge in [-0.05, 0) is 25.7 Å². The lowest BCUT2D eigenvalue weighted by atomic mass is 9.99. The second-order valence-corrected chi connectivity index (χ2v) is 17.0. The van der Waals surface area contributed by atoms with Crippen molar-refractivity contribution in [3.8, 4) is 0 Å². The van der Waals surface area contributed by atoms with E-state index < -0.39 is 26.7 Å². The van der Waals surface area contributed by atoms with Crippen LogP contribution in [0, 0.1) is 0 Å². The topological polar surface area (TPSA) is 73.8 Å². The lowest BCUT2D eigenvalue weighted by Crippen LogP contribution is -2.67. The number of rotatable bonds is 12. The highest BCUT2D eigenvalue weighted by atomic mass is 28.5. The first-order chi connectivity index (χ1) is 14.0. The predicted molar refractivity (Wildman–Crippen MR) is 115 cm³/mol. The number of hydrogen-bond donors (Lipinski definition) is 0. The lowest BCUT2D eigenvalue weighted by molar-refractivity contribution is 0.00688. The molecule has 0 amide bonds. The Bertz CT molecular complexity index is 405. The molecule has 0 aliphatic heterocycles. The maximum absolute atomic E-state index is 6.90. The monoisotopic (exact) mass is 468 g/mol. The van der Waals surface area contributed by atoms with Gasteiger partial charge in [-0.15, -0.1) is 0 Å². The zero-order valence-corrected chi connectivity index (χ0v) is 22.0. The van der Waals surface area contributed by atoms with Crippen LogP contribution in [0.2, 0.25) is 11.1 Å². The summed E-state index contributed by atoms with van der Waals surface area (Å²) < 4.78 is 48.0. The molecule has 0 saturated heterocycles. The van der Waals surface area contributed by atoms with E-state index in [1.807, 2.05) is 0 Å². The largest absolute Gasteiger partial charge is 0.669 e. The standard InChI is InChI=1S/C18H40O8Si3/c1-19-28(20-2,21-3)25-27(17-13-9-7-10-14-17,18-15-11-8-12-16-18)26-29(22-4,23-5)24-6/h17-18H,7-16H2,1-6H3. The zero-order chi connectivity index (χ0) is 21.4. The maximum Gasteiger partial charge on any atom is 0.669 e. The van der Waals surface area contributed by atoms with Gasteiger partial charge in [-0.25, -0.2) is 0 Å². The Labute approximate surface area is 179 Å². The van der Waals surface area contributed by atoms with Gasteiger partial charge in [0, 0.05) is 53.7 Å². The van der Waals surface area contributed by atoms with Crippen molar-refractivity contribution in [1.29, 1.82) is 0 Å². The van der Waals surface area contributed by atoms with Gasteiger partial charge in [-0.1, -0.05) is 38.5 Å². The molecule has 0 spiro atoms. The van der Waals surface area contributed by atoms with Crippen LogP contribution in [0.4, 0.5) is 0 Å². The Balaban J connectivity index is 2.55. The fourth-order valence-electron chi connectivity index (χ4n) is 4.84. The van der Waals surface area contributed by atoms with Crippen LogP contribution in [0.5, 0.6) is 0 Å². The van der Waals surface area contributed by atoms with Crippen LogP contribution in [-0.2, 0) is 34.8 Å². The van der Waals surface area contributed by atoms with Crippen LogP contribution < -0.4 is 0 Å². The van der Waals surface area contributed by atoms with E-state index in [1.54, 1.807) is 42.7 Å². The molecule has 0 aromatic rings. The Morgan fingerprint density at radius 2 is 0.724 bits per heavy atom. The van der Waals surface area contributed by atoms with E-state index in [4.69, 9.17) is 34.8 Å². The quantitative estimate of drug-likeness (QED) is 0.400. The first-order valence-electron chi connectivity index (χ1n) is 10.7. The minimum Gasteiger partial charge on any atom is -0.370 e. The summed E-state index contributed by atoms with van der Waals surface area (Å²) in [6.45, 7) is 0. The molecule has 2 saturated carbocycles. The third-order valence-corrected chi connectivity index (χ3v) is 17.4.